The van der Waals surface area contributed by atoms with Crippen LogP contribution in [-0.4, -0.2) is 59.1 Å². The number of hydrogen-bond donors (Lipinski definition) is 1. The van der Waals surface area contributed by atoms with Gasteiger partial charge in [0.25, 0.3) is 5.91 Å². The smallest absolute Gasteiger partial charge is 0.307 e. The number of halogens is 2. The Hall–Kier alpha value is -3.59. The number of nitrogens with zero attached hydrogens (tertiary/aromatic N) is 3. The molecule has 206 valence electrons. The summed E-state index contributed by atoms with van der Waals surface area (Å²) in [6.45, 7) is 5.44. The highest BCUT2D eigenvalue weighted by molar-refractivity contribution is 6.09. The summed E-state index contributed by atoms with van der Waals surface area (Å²) in [6.07, 6.45) is 1.88. The molecule has 0 saturated carbocycles. The molecule has 0 radical (unpaired) electrons. The second-order valence-corrected chi connectivity index (χ2v) is 9.23. The molecule has 4 aromatic rings. The number of pyridine rings is 1. The average molecular weight is 572 g/mol. The summed E-state index contributed by atoms with van der Waals surface area (Å²) in [5.74, 6) is 0.634. The van der Waals surface area contributed by atoms with Crippen LogP contribution in [-0.2, 0) is 9.53 Å². The third-order valence-corrected chi connectivity index (χ3v) is 6.70. The molecule has 0 aliphatic carbocycles. The number of piperazine rings is 1. The van der Waals surface area contributed by atoms with Gasteiger partial charge in [0.2, 0.25) is 5.88 Å². The first kappa shape index (κ1) is 30.0. The van der Waals surface area contributed by atoms with E-state index < -0.39 is 0 Å². The summed E-state index contributed by atoms with van der Waals surface area (Å²) in [4.78, 5) is 32.5. The Balaban J connectivity index is 0.00000210. The number of rotatable bonds is 6. The SMILES string of the molecule is COC(=O)CC1CN(C(=O)c2c(Oc3c(C)cccc3C)n(-c3ccccc3)c3cccnc23)CCN1.Cl.Cl. The molecule has 0 bridgehead atoms. The van der Waals surface area contributed by atoms with Gasteiger partial charge in [-0.1, -0.05) is 36.4 Å². The van der Waals surface area contributed by atoms with E-state index in [1.807, 2.05) is 79.1 Å². The van der Waals surface area contributed by atoms with Gasteiger partial charge < -0.3 is 19.7 Å². The van der Waals surface area contributed by atoms with E-state index in [2.05, 4.69) is 10.3 Å². The van der Waals surface area contributed by atoms with Gasteiger partial charge in [0.05, 0.1) is 19.0 Å². The van der Waals surface area contributed by atoms with Crippen molar-refractivity contribution in [3.8, 4) is 17.3 Å². The van der Waals surface area contributed by atoms with Crippen LogP contribution in [0.3, 0.4) is 0 Å². The van der Waals surface area contributed by atoms with Gasteiger partial charge in [-0.05, 0) is 49.2 Å². The van der Waals surface area contributed by atoms with Gasteiger partial charge >= 0.3 is 5.97 Å². The van der Waals surface area contributed by atoms with Crippen LogP contribution in [0, 0.1) is 13.8 Å². The van der Waals surface area contributed by atoms with Crippen molar-refractivity contribution < 1.29 is 19.1 Å². The van der Waals surface area contributed by atoms with E-state index >= 15 is 0 Å². The fraction of sp³-hybridized carbons (Fsp3) is 0.276. The van der Waals surface area contributed by atoms with Crippen molar-refractivity contribution in [2.24, 2.45) is 0 Å². The fourth-order valence-electron chi connectivity index (χ4n) is 4.86. The normalized spacial score (nSPS) is 14.7. The molecule has 10 heteroatoms. The van der Waals surface area contributed by atoms with Crippen molar-refractivity contribution >= 4 is 47.7 Å². The van der Waals surface area contributed by atoms with Crippen molar-refractivity contribution in [2.45, 2.75) is 26.3 Å². The fourth-order valence-corrected chi connectivity index (χ4v) is 4.86. The van der Waals surface area contributed by atoms with Gasteiger partial charge in [-0.15, -0.1) is 24.8 Å². The molecular weight excluding hydrogens is 539 g/mol. The number of aromatic nitrogens is 2. The first-order valence-corrected chi connectivity index (χ1v) is 12.4. The zero-order valence-corrected chi connectivity index (χ0v) is 23.7. The topological polar surface area (TPSA) is 85.7 Å². The Morgan fingerprint density at radius 1 is 1.00 bits per heavy atom. The maximum atomic E-state index is 14.2. The van der Waals surface area contributed by atoms with Gasteiger partial charge in [-0.2, -0.15) is 0 Å². The molecule has 1 aliphatic heterocycles. The van der Waals surface area contributed by atoms with Crippen LogP contribution in [0.1, 0.15) is 27.9 Å². The highest BCUT2D eigenvalue weighted by Crippen LogP contribution is 2.39. The number of benzene rings is 2. The third-order valence-electron chi connectivity index (χ3n) is 6.70. The molecule has 5 rings (SSSR count). The Labute approximate surface area is 240 Å². The zero-order chi connectivity index (χ0) is 25.9. The molecule has 1 amide bonds. The summed E-state index contributed by atoms with van der Waals surface area (Å²) in [6, 6.07) is 19.4. The molecule has 2 aromatic carbocycles. The van der Waals surface area contributed by atoms with Gasteiger partial charge in [0.15, 0.2) is 0 Å². The number of hydrogen-bond acceptors (Lipinski definition) is 6. The van der Waals surface area contributed by atoms with Crippen molar-refractivity contribution in [1.82, 2.24) is 19.8 Å². The molecule has 1 aliphatic rings. The number of aryl methyl sites for hydroxylation is 2. The predicted molar refractivity (Wildman–Crippen MR) is 156 cm³/mol. The summed E-state index contributed by atoms with van der Waals surface area (Å²) in [5, 5.41) is 3.31. The quantitative estimate of drug-likeness (QED) is 0.318. The first-order valence-electron chi connectivity index (χ1n) is 12.4. The van der Waals surface area contributed by atoms with Crippen molar-refractivity contribution in [2.75, 3.05) is 26.7 Å². The second-order valence-electron chi connectivity index (χ2n) is 9.23. The molecule has 1 N–H and O–H groups in total. The van der Waals surface area contributed by atoms with E-state index in [-0.39, 0.29) is 49.2 Å². The lowest BCUT2D eigenvalue weighted by atomic mass is 10.1. The van der Waals surface area contributed by atoms with Crippen molar-refractivity contribution in [1.29, 1.82) is 0 Å². The minimum Gasteiger partial charge on any atom is -0.469 e. The molecule has 8 nitrogen and oxygen atoms in total. The second kappa shape index (κ2) is 13.0. The van der Waals surface area contributed by atoms with E-state index in [0.717, 1.165) is 22.3 Å². The van der Waals surface area contributed by atoms with Gasteiger partial charge in [0, 0.05) is 37.6 Å². The zero-order valence-electron chi connectivity index (χ0n) is 22.0. The van der Waals surface area contributed by atoms with Crippen LogP contribution >= 0.6 is 24.8 Å². The summed E-state index contributed by atoms with van der Waals surface area (Å²) in [5.41, 5.74) is 4.55. The minimum absolute atomic E-state index is 0. The molecular formula is C29H32Cl2N4O4. The average Bonchev–Trinajstić information content (AvgIpc) is 3.24. The number of carbonyl (C=O) groups is 2. The number of ether oxygens (including phenoxy) is 2. The lowest BCUT2D eigenvalue weighted by Crippen LogP contribution is -2.53. The maximum Gasteiger partial charge on any atom is 0.307 e. The van der Waals surface area contributed by atoms with E-state index in [9.17, 15) is 9.59 Å². The van der Waals surface area contributed by atoms with Crippen molar-refractivity contribution in [3.05, 3.63) is 83.6 Å². The highest BCUT2D eigenvalue weighted by Gasteiger charge is 2.33. The van der Waals surface area contributed by atoms with Gasteiger partial charge in [0.1, 0.15) is 16.8 Å². The number of nitrogens with one attached hydrogen (secondary N) is 1. The van der Waals surface area contributed by atoms with Crippen LogP contribution < -0.4 is 10.1 Å². The standard InChI is InChI=1S/C29H30N4O4.2ClH/c1-19-9-7-10-20(2)27(19)37-29-25(28(35)32-16-15-30-21(18-32)17-24(34)36-3)26-23(13-8-14-31-26)33(29)22-11-5-4-6-12-22;;/h4-14,21,30H,15-18H2,1-3H3;2*1H. The minimum atomic E-state index is -0.312. The molecule has 1 unspecified atom stereocenters. The molecule has 1 atom stereocenters. The van der Waals surface area contributed by atoms with E-state index in [0.29, 0.717) is 42.3 Å². The number of methoxy groups -OCH3 is 1. The maximum absolute atomic E-state index is 14.2. The lowest BCUT2D eigenvalue weighted by molar-refractivity contribution is -0.141. The molecule has 39 heavy (non-hydrogen) atoms. The van der Waals surface area contributed by atoms with E-state index in [1.165, 1.54) is 7.11 Å². The van der Waals surface area contributed by atoms with Crippen LogP contribution in [0.15, 0.2) is 66.9 Å². The van der Waals surface area contributed by atoms with Gasteiger partial charge in [-0.3, -0.25) is 19.1 Å². The Morgan fingerprint density at radius 3 is 2.41 bits per heavy atom. The number of esters is 1. The van der Waals surface area contributed by atoms with Crippen molar-refractivity contribution in [3.63, 3.8) is 0 Å². The van der Waals surface area contributed by atoms with Crippen LogP contribution in [0.4, 0.5) is 0 Å². The number of amides is 1. The van der Waals surface area contributed by atoms with E-state index in [4.69, 9.17) is 9.47 Å². The highest BCUT2D eigenvalue weighted by atomic mass is 35.5. The molecule has 1 fully saturated rings. The molecule has 1 saturated heterocycles. The molecule has 2 aromatic heterocycles. The number of carbonyl (C=O) groups excluding carboxylic acids is 2. The first-order chi connectivity index (χ1) is 18.0. The largest absolute Gasteiger partial charge is 0.469 e. The summed E-state index contributed by atoms with van der Waals surface area (Å²) in [7, 11) is 1.37. The van der Waals surface area contributed by atoms with E-state index in [1.54, 1.807) is 11.1 Å². The Bertz CT molecular complexity index is 1440. The molecule has 3 heterocycles. The number of para-hydroxylation sites is 2. The van der Waals surface area contributed by atoms with Crippen LogP contribution in [0.25, 0.3) is 16.7 Å². The Morgan fingerprint density at radius 2 is 1.72 bits per heavy atom. The lowest BCUT2D eigenvalue weighted by Gasteiger charge is -2.33. The van der Waals surface area contributed by atoms with Crippen LogP contribution in [0.5, 0.6) is 11.6 Å². The summed E-state index contributed by atoms with van der Waals surface area (Å²) >= 11 is 0. The molecule has 0 spiro atoms. The van der Waals surface area contributed by atoms with Crippen LogP contribution in [0.2, 0.25) is 0 Å². The Kier molecular flexibility index (Phi) is 9.97. The summed E-state index contributed by atoms with van der Waals surface area (Å²) < 4.78 is 13.4. The monoisotopic (exact) mass is 570 g/mol. The van der Waals surface area contributed by atoms with Gasteiger partial charge in [-0.25, -0.2) is 0 Å². The predicted octanol–water partition coefficient (Wildman–Crippen LogP) is 5.26. The third kappa shape index (κ3) is 6.03. The number of fused-ring (bicyclic) bond motifs is 1.